The molecule has 8 nitrogen and oxygen atoms in total. The molecule has 8 heteroatoms. The number of nitrogens with one attached hydrogen (secondary N) is 1. The lowest BCUT2D eigenvalue weighted by atomic mass is 10.1. The Labute approximate surface area is 178 Å². The number of amides is 1. The summed E-state index contributed by atoms with van der Waals surface area (Å²) in [6.07, 6.45) is 0. The normalized spacial score (nSPS) is 10.2. The maximum absolute atomic E-state index is 12.3. The molecule has 0 atom stereocenters. The average Bonchev–Trinajstić information content (AvgIpc) is 2.78. The van der Waals surface area contributed by atoms with Gasteiger partial charge in [0.15, 0.2) is 6.61 Å². The highest BCUT2D eigenvalue weighted by molar-refractivity contribution is 5.97. The summed E-state index contributed by atoms with van der Waals surface area (Å²) in [5.74, 6) is -0.903. The van der Waals surface area contributed by atoms with E-state index in [1.165, 1.54) is 18.2 Å². The number of anilines is 1. The first kappa shape index (κ1) is 21.5. The number of nitro groups is 1. The van der Waals surface area contributed by atoms with Crippen LogP contribution in [0.5, 0.6) is 5.75 Å². The molecule has 0 heterocycles. The predicted octanol–water partition coefficient (Wildman–Crippen LogP) is 4.28. The van der Waals surface area contributed by atoms with Gasteiger partial charge in [-0.05, 0) is 36.2 Å². The molecule has 0 bridgehead atoms. The quantitative estimate of drug-likeness (QED) is 0.331. The van der Waals surface area contributed by atoms with Crippen LogP contribution in [0.4, 0.5) is 11.4 Å². The minimum absolute atomic E-state index is 0.0739. The molecule has 0 aliphatic carbocycles. The van der Waals surface area contributed by atoms with Crippen molar-refractivity contribution in [2.75, 3.05) is 11.9 Å². The Balaban J connectivity index is 1.57. The smallest absolute Gasteiger partial charge is 0.338 e. The molecule has 1 N–H and O–H groups in total. The van der Waals surface area contributed by atoms with E-state index in [4.69, 9.17) is 9.47 Å². The lowest BCUT2D eigenvalue weighted by Crippen LogP contribution is -2.22. The first-order chi connectivity index (χ1) is 14.9. The van der Waals surface area contributed by atoms with Crippen molar-refractivity contribution in [2.24, 2.45) is 0 Å². The Bertz CT molecular complexity index is 1100. The van der Waals surface area contributed by atoms with Crippen LogP contribution >= 0.6 is 0 Å². The molecule has 0 aromatic heterocycles. The van der Waals surface area contributed by atoms with Gasteiger partial charge in [0, 0.05) is 6.07 Å². The number of nitrogens with zero attached hydrogens (tertiary/aromatic N) is 1. The van der Waals surface area contributed by atoms with Crippen LogP contribution in [0.2, 0.25) is 0 Å². The number of nitro benzene ring substituents is 1. The minimum Gasteiger partial charge on any atom is -0.489 e. The highest BCUT2D eigenvalue weighted by Crippen LogP contribution is 2.27. The van der Waals surface area contributed by atoms with E-state index < -0.39 is 23.4 Å². The maximum atomic E-state index is 12.3. The van der Waals surface area contributed by atoms with E-state index in [-0.39, 0.29) is 16.9 Å². The van der Waals surface area contributed by atoms with Gasteiger partial charge in [0.25, 0.3) is 11.6 Å². The van der Waals surface area contributed by atoms with E-state index in [0.29, 0.717) is 17.9 Å². The summed E-state index contributed by atoms with van der Waals surface area (Å²) in [7, 11) is 0. The molecule has 0 spiro atoms. The van der Waals surface area contributed by atoms with Crippen molar-refractivity contribution in [3.05, 3.63) is 99.6 Å². The molecule has 0 saturated heterocycles. The third kappa shape index (κ3) is 5.89. The molecule has 3 rings (SSSR count). The van der Waals surface area contributed by atoms with E-state index >= 15 is 0 Å². The number of hydrogen-bond donors (Lipinski definition) is 1. The van der Waals surface area contributed by atoms with Gasteiger partial charge in [-0.25, -0.2) is 4.79 Å². The van der Waals surface area contributed by atoms with Crippen LogP contribution in [0.15, 0.2) is 72.8 Å². The molecule has 3 aromatic carbocycles. The van der Waals surface area contributed by atoms with Crippen molar-refractivity contribution in [1.82, 2.24) is 0 Å². The summed E-state index contributed by atoms with van der Waals surface area (Å²) in [6, 6.07) is 20.4. The monoisotopic (exact) mass is 420 g/mol. The standard InChI is InChI=1S/C23H20N2O6/c1-16-7-5-12-20(25(28)29)22(16)24-21(26)15-31-23(27)18-10-6-11-19(13-18)30-14-17-8-3-2-4-9-17/h2-13H,14-15H2,1H3,(H,24,26). The highest BCUT2D eigenvalue weighted by Gasteiger charge is 2.19. The number of para-hydroxylation sites is 1. The Kier molecular flexibility index (Phi) is 6.95. The molecule has 0 unspecified atom stereocenters. The summed E-state index contributed by atoms with van der Waals surface area (Å²) >= 11 is 0. The number of ether oxygens (including phenoxy) is 2. The number of hydrogen-bond acceptors (Lipinski definition) is 6. The van der Waals surface area contributed by atoms with Gasteiger partial charge >= 0.3 is 5.97 Å². The fraction of sp³-hybridized carbons (Fsp3) is 0.130. The lowest BCUT2D eigenvalue weighted by Gasteiger charge is -2.10. The SMILES string of the molecule is Cc1cccc([N+](=O)[O-])c1NC(=O)COC(=O)c1cccc(OCc2ccccc2)c1. The molecular formula is C23H20N2O6. The van der Waals surface area contributed by atoms with E-state index in [9.17, 15) is 19.7 Å². The molecule has 0 fully saturated rings. The van der Waals surface area contributed by atoms with E-state index in [1.54, 1.807) is 31.2 Å². The average molecular weight is 420 g/mol. The number of benzene rings is 3. The number of carbonyl (C=O) groups excluding carboxylic acids is 2. The van der Waals surface area contributed by atoms with Crippen LogP contribution in [-0.4, -0.2) is 23.4 Å². The second-order valence-electron chi connectivity index (χ2n) is 6.65. The van der Waals surface area contributed by atoms with Gasteiger partial charge in [-0.15, -0.1) is 0 Å². The fourth-order valence-electron chi connectivity index (χ4n) is 2.81. The zero-order valence-corrected chi connectivity index (χ0v) is 16.7. The fourth-order valence-corrected chi connectivity index (χ4v) is 2.81. The highest BCUT2D eigenvalue weighted by atomic mass is 16.6. The second kappa shape index (κ2) is 10.0. The van der Waals surface area contributed by atoms with Gasteiger partial charge in [0.05, 0.1) is 10.5 Å². The van der Waals surface area contributed by atoms with Crippen molar-refractivity contribution >= 4 is 23.3 Å². The summed E-state index contributed by atoms with van der Waals surface area (Å²) in [5.41, 5.74) is 1.57. The number of rotatable bonds is 8. The maximum Gasteiger partial charge on any atom is 0.338 e. The topological polar surface area (TPSA) is 108 Å². The Morgan fingerprint density at radius 2 is 1.74 bits per heavy atom. The number of esters is 1. The first-order valence-corrected chi connectivity index (χ1v) is 9.42. The zero-order valence-electron chi connectivity index (χ0n) is 16.7. The number of aryl methyl sites for hydroxylation is 1. The van der Waals surface area contributed by atoms with Crippen LogP contribution in [0.3, 0.4) is 0 Å². The van der Waals surface area contributed by atoms with Gasteiger partial charge in [-0.1, -0.05) is 48.5 Å². The summed E-state index contributed by atoms with van der Waals surface area (Å²) < 4.78 is 10.7. The molecule has 0 radical (unpaired) electrons. The summed E-state index contributed by atoms with van der Waals surface area (Å²) in [6.45, 7) is 1.39. The predicted molar refractivity (Wildman–Crippen MR) is 114 cm³/mol. The first-order valence-electron chi connectivity index (χ1n) is 9.42. The van der Waals surface area contributed by atoms with Crippen molar-refractivity contribution in [2.45, 2.75) is 13.5 Å². The summed E-state index contributed by atoms with van der Waals surface area (Å²) in [4.78, 5) is 35.0. The molecule has 158 valence electrons. The molecule has 31 heavy (non-hydrogen) atoms. The van der Waals surface area contributed by atoms with Gasteiger partial charge in [0.2, 0.25) is 0 Å². The van der Waals surface area contributed by atoms with Crippen molar-refractivity contribution in [3.63, 3.8) is 0 Å². The van der Waals surface area contributed by atoms with Gasteiger partial charge in [0.1, 0.15) is 18.0 Å². The zero-order chi connectivity index (χ0) is 22.2. The Morgan fingerprint density at radius 3 is 2.48 bits per heavy atom. The van der Waals surface area contributed by atoms with Crippen LogP contribution in [-0.2, 0) is 16.1 Å². The Morgan fingerprint density at radius 1 is 1.00 bits per heavy atom. The van der Waals surface area contributed by atoms with Crippen LogP contribution < -0.4 is 10.1 Å². The molecular weight excluding hydrogens is 400 g/mol. The second-order valence-corrected chi connectivity index (χ2v) is 6.65. The molecule has 0 saturated carbocycles. The van der Waals surface area contributed by atoms with Gasteiger partial charge < -0.3 is 14.8 Å². The third-order valence-corrected chi connectivity index (χ3v) is 4.36. The molecule has 1 amide bonds. The molecule has 0 aliphatic rings. The lowest BCUT2D eigenvalue weighted by molar-refractivity contribution is -0.384. The van der Waals surface area contributed by atoms with Crippen molar-refractivity contribution in [1.29, 1.82) is 0 Å². The van der Waals surface area contributed by atoms with E-state index in [2.05, 4.69) is 5.32 Å². The van der Waals surface area contributed by atoms with Gasteiger partial charge in [-0.3, -0.25) is 14.9 Å². The van der Waals surface area contributed by atoms with E-state index in [0.717, 1.165) is 5.56 Å². The molecule has 0 aliphatic heterocycles. The third-order valence-electron chi connectivity index (χ3n) is 4.36. The number of carbonyl (C=O) groups is 2. The minimum atomic E-state index is -0.709. The van der Waals surface area contributed by atoms with Crippen LogP contribution in [0.1, 0.15) is 21.5 Å². The van der Waals surface area contributed by atoms with Crippen molar-refractivity contribution < 1.29 is 24.0 Å². The van der Waals surface area contributed by atoms with Crippen LogP contribution in [0.25, 0.3) is 0 Å². The van der Waals surface area contributed by atoms with Crippen LogP contribution in [0, 0.1) is 17.0 Å². The largest absolute Gasteiger partial charge is 0.489 e. The summed E-state index contributed by atoms with van der Waals surface area (Å²) in [5, 5.41) is 13.6. The van der Waals surface area contributed by atoms with E-state index in [1.807, 2.05) is 30.3 Å². The van der Waals surface area contributed by atoms with Gasteiger partial charge in [-0.2, -0.15) is 0 Å². The van der Waals surface area contributed by atoms with Crippen molar-refractivity contribution in [3.8, 4) is 5.75 Å². The molecule has 3 aromatic rings. The Hall–Kier alpha value is -4.20.